The average molecular weight is 96.2 g/mol. The van der Waals surface area contributed by atoms with Gasteiger partial charge in [0.15, 0.2) is 0 Å². The number of fused-ring (bicyclic) bond motifs is 1. The summed E-state index contributed by atoms with van der Waals surface area (Å²) >= 11 is 0. The molecule has 0 amide bonds. The second-order valence-electron chi connectivity index (χ2n) is 2.92. The summed E-state index contributed by atoms with van der Waals surface area (Å²) in [5.74, 6) is 2.00. The van der Waals surface area contributed by atoms with E-state index in [9.17, 15) is 0 Å². The maximum atomic E-state index is 7.29. The molecule has 1 N–H and O–H groups in total. The summed E-state index contributed by atoms with van der Waals surface area (Å²) in [6.07, 6.45) is 3.88. The lowest BCUT2D eigenvalue weighted by atomic mass is 10.2. The molecule has 0 heterocycles. The van der Waals surface area contributed by atoms with Crippen LogP contribution in [-0.4, -0.2) is 6.04 Å². The molecule has 2 aliphatic rings. The topological polar surface area (TPSA) is 23.8 Å². The second kappa shape index (κ2) is 1.03. The highest BCUT2D eigenvalue weighted by atomic mass is 14.7. The van der Waals surface area contributed by atoms with Crippen LogP contribution in [-0.2, 0) is 0 Å². The fourth-order valence-corrected chi connectivity index (χ4v) is 1.71. The lowest BCUT2D eigenvalue weighted by Crippen LogP contribution is -2.03. The van der Waals surface area contributed by atoms with E-state index in [1.54, 1.807) is 0 Å². The first-order valence-corrected chi connectivity index (χ1v) is 3.07. The lowest BCUT2D eigenvalue weighted by Gasteiger charge is -1.97. The van der Waals surface area contributed by atoms with Crippen molar-refractivity contribution in [2.75, 3.05) is 0 Å². The minimum absolute atomic E-state index is 0.323. The van der Waals surface area contributed by atoms with Gasteiger partial charge in [-0.2, -0.15) is 0 Å². The van der Waals surface area contributed by atoms with Crippen molar-refractivity contribution >= 4 is 0 Å². The number of hydrogen-bond donors (Lipinski definition) is 0. The van der Waals surface area contributed by atoms with E-state index in [0.29, 0.717) is 6.04 Å². The molecular weight excluding hydrogens is 86.1 g/mol. The molecule has 0 saturated heterocycles. The van der Waals surface area contributed by atoms with Crippen LogP contribution in [0.25, 0.3) is 0 Å². The van der Waals surface area contributed by atoms with Crippen LogP contribution in [0.3, 0.4) is 0 Å². The smallest absolute Gasteiger partial charge is 0.0218 e. The van der Waals surface area contributed by atoms with Crippen molar-refractivity contribution < 1.29 is 0 Å². The van der Waals surface area contributed by atoms with Crippen molar-refractivity contribution in [1.29, 1.82) is 0 Å². The van der Waals surface area contributed by atoms with Gasteiger partial charge < -0.3 is 0 Å². The number of hydrogen-bond acceptors (Lipinski definition) is 0. The zero-order chi connectivity index (χ0) is 4.85. The molecule has 2 rings (SSSR count). The van der Waals surface area contributed by atoms with Crippen LogP contribution in [0.5, 0.6) is 0 Å². The Bertz CT molecular complexity index is 80.2. The summed E-state index contributed by atoms with van der Waals surface area (Å²) in [5, 5.41) is 0. The molecule has 2 atom stereocenters. The summed E-state index contributed by atoms with van der Waals surface area (Å²) in [6, 6.07) is 0.323. The molecule has 0 aliphatic heterocycles. The first kappa shape index (κ1) is 3.90. The third-order valence-electron chi connectivity index (χ3n) is 2.24. The van der Waals surface area contributed by atoms with E-state index >= 15 is 0 Å². The Hall–Kier alpha value is -0.0400. The maximum Gasteiger partial charge on any atom is 0.0218 e. The minimum Gasteiger partial charge on any atom is -0.254 e. The molecule has 2 unspecified atom stereocenters. The molecule has 7 heavy (non-hydrogen) atoms. The Morgan fingerprint density at radius 2 is 1.57 bits per heavy atom. The molecule has 0 aromatic carbocycles. The van der Waals surface area contributed by atoms with Crippen molar-refractivity contribution in [3.8, 4) is 0 Å². The minimum atomic E-state index is 0.323. The van der Waals surface area contributed by atoms with Crippen LogP contribution >= 0.6 is 0 Å². The Balaban J connectivity index is 2.02. The van der Waals surface area contributed by atoms with Gasteiger partial charge in [0.1, 0.15) is 0 Å². The molecule has 2 fully saturated rings. The van der Waals surface area contributed by atoms with Crippen LogP contribution in [0.4, 0.5) is 0 Å². The van der Waals surface area contributed by atoms with Crippen molar-refractivity contribution in [1.82, 2.24) is 5.73 Å². The van der Waals surface area contributed by atoms with E-state index in [0.717, 1.165) is 11.8 Å². The SMILES string of the molecule is [NH]C1CC2CC2C1. The van der Waals surface area contributed by atoms with Crippen LogP contribution in [0, 0.1) is 11.8 Å². The van der Waals surface area contributed by atoms with Gasteiger partial charge in [0.05, 0.1) is 0 Å². The van der Waals surface area contributed by atoms with E-state index in [4.69, 9.17) is 5.73 Å². The van der Waals surface area contributed by atoms with Gasteiger partial charge in [-0.05, 0) is 31.1 Å². The first-order chi connectivity index (χ1) is 3.36. The molecule has 2 saturated carbocycles. The molecule has 1 radical (unpaired) electrons. The summed E-state index contributed by atoms with van der Waals surface area (Å²) in [7, 11) is 0. The molecule has 39 valence electrons. The highest BCUT2D eigenvalue weighted by Crippen LogP contribution is 2.51. The normalized spacial score (nSPS) is 57.0. The van der Waals surface area contributed by atoms with Gasteiger partial charge in [-0.3, -0.25) is 5.73 Å². The monoisotopic (exact) mass is 96.1 g/mol. The third-order valence-corrected chi connectivity index (χ3v) is 2.24. The van der Waals surface area contributed by atoms with Gasteiger partial charge in [0.2, 0.25) is 0 Å². The lowest BCUT2D eigenvalue weighted by molar-refractivity contribution is 0.597. The number of nitrogens with one attached hydrogen (secondary N) is 1. The predicted molar refractivity (Wildman–Crippen MR) is 27.7 cm³/mol. The Morgan fingerprint density at radius 3 is 1.86 bits per heavy atom. The molecule has 1 nitrogen and oxygen atoms in total. The third kappa shape index (κ3) is 0.480. The molecule has 2 aliphatic carbocycles. The number of rotatable bonds is 0. The Morgan fingerprint density at radius 1 is 1.00 bits per heavy atom. The maximum absolute atomic E-state index is 7.29. The summed E-state index contributed by atoms with van der Waals surface area (Å²) < 4.78 is 0. The summed E-state index contributed by atoms with van der Waals surface area (Å²) in [5.41, 5.74) is 7.29. The highest BCUT2D eigenvalue weighted by Gasteiger charge is 2.44. The first-order valence-electron chi connectivity index (χ1n) is 3.07. The van der Waals surface area contributed by atoms with Gasteiger partial charge in [0, 0.05) is 6.04 Å². The van der Waals surface area contributed by atoms with E-state index in [1.165, 1.54) is 19.3 Å². The van der Waals surface area contributed by atoms with E-state index in [-0.39, 0.29) is 0 Å². The van der Waals surface area contributed by atoms with Crippen LogP contribution in [0.15, 0.2) is 0 Å². The summed E-state index contributed by atoms with van der Waals surface area (Å²) in [4.78, 5) is 0. The van der Waals surface area contributed by atoms with Gasteiger partial charge in [-0.25, -0.2) is 0 Å². The molecule has 0 spiro atoms. The quantitative estimate of drug-likeness (QED) is 0.430. The van der Waals surface area contributed by atoms with Crippen molar-refractivity contribution in [3.05, 3.63) is 0 Å². The van der Waals surface area contributed by atoms with Gasteiger partial charge in [-0.15, -0.1) is 0 Å². The Labute approximate surface area is 43.9 Å². The zero-order valence-electron chi connectivity index (χ0n) is 4.35. The van der Waals surface area contributed by atoms with Gasteiger partial charge in [-0.1, -0.05) is 0 Å². The average Bonchev–Trinajstić information content (AvgIpc) is 2.15. The molecule has 0 aromatic heterocycles. The van der Waals surface area contributed by atoms with Crippen molar-refractivity contribution in [2.24, 2.45) is 11.8 Å². The largest absolute Gasteiger partial charge is 0.254 e. The van der Waals surface area contributed by atoms with Crippen molar-refractivity contribution in [3.63, 3.8) is 0 Å². The van der Waals surface area contributed by atoms with Crippen molar-refractivity contribution in [2.45, 2.75) is 25.3 Å². The predicted octanol–water partition coefficient (Wildman–Crippen LogP) is 1.07. The molecule has 1 heteroatoms. The van der Waals surface area contributed by atoms with Gasteiger partial charge in [0.25, 0.3) is 0 Å². The highest BCUT2D eigenvalue weighted by molar-refractivity contribution is 4.97. The summed E-state index contributed by atoms with van der Waals surface area (Å²) in [6.45, 7) is 0. The second-order valence-corrected chi connectivity index (χ2v) is 2.92. The van der Waals surface area contributed by atoms with E-state index in [1.807, 2.05) is 0 Å². The zero-order valence-corrected chi connectivity index (χ0v) is 4.35. The van der Waals surface area contributed by atoms with E-state index < -0.39 is 0 Å². The van der Waals surface area contributed by atoms with Crippen LogP contribution in [0.1, 0.15) is 19.3 Å². The van der Waals surface area contributed by atoms with Crippen LogP contribution < -0.4 is 5.73 Å². The van der Waals surface area contributed by atoms with E-state index in [2.05, 4.69) is 0 Å². The standard InChI is InChI=1S/C6H10N/c7-6-2-4-1-5(4)3-6/h4-7H,1-3H2. The van der Waals surface area contributed by atoms with Crippen LogP contribution in [0.2, 0.25) is 0 Å². The van der Waals surface area contributed by atoms with Gasteiger partial charge >= 0.3 is 0 Å². The molecule has 0 aromatic rings. The Kier molecular flexibility index (Phi) is 0.571. The molecular formula is C6H10N. The molecule has 0 bridgehead atoms. The fraction of sp³-hybridized carbons (Fsp3) is 1.00. The fourth-order valence-electron chi connectivity index (χ4n) is 1.71.